The number of rotatable bonds is 7. The Bertz CT molecular complexity index is 235. The molecule has 0 saturated heterocycles. The summed E-state index contributed by atoms with van der Waals surface area (Å²) in [5, 5.41) is 6.76. The van der Waals surface area contributed by atoms with Gasteiger partial charge in [0.05, 0.1) is 5.92 Å². The lowest BCUT2D eigenvalue weighted by molar-refractivity contribution is -0.183. The molecule has 0 bridgehead atoms. The van der Waals surface area contributed by atoms with Crippen LogP contribution in [0.15, 0.2) is 0 Å². The largest absolute Gasteiger partial charge is 0.391 e. The smallest absolute Gasteiger partial charge is 0.315 e. The van der Waals surface area contributed by atoms with Crippen LogP contribution in [-0.2, 0) is 0 Å². The Morgan fingerprint density at radius 1 is 1.16 bits per heavy atom. The molecule has 1 aliphatic rings. The van der Waals surface area contributed by atoms with Crippen molar-refractivity contribution in [3.8, 4) is 0 Å². The standard InChI is InChI=1S/C14H27F3N2/c1-3-8-18-9-11(2)19-10-12-4-6-13(7-5-12)14(15,16)17/h11-13,18-19H,3-10H2,1-2H3. The van der Waals surface area contributed by atoms with Crippen molar-refractivity contribution in [1.29, 1.82) is 0 Å². The van der Waals surface area contributed by atoms with Crippen molar-refractivity contribution >= 4 is 0 Å². The quantitative estimate of drug-likeness (QED) is 0.699. The molecular formula is C14H27F3N2. The van der Waals surface area contributed by atoms with Gasteiger partial charge in [0.1, 0.15) is 0 Å². The maximum absolute atomic E-state index is 12.5. The number of hydrogen-bond acceptors (Lipinski definition) is 2. The van der Waals surface area contributed by atoms with Crippen LogP contribution in [0.25, 0.3) is 0 Å². The van der Waals surface area contributed by atoms with Crippen LogP contribution in [-0.4, -0.2) is 31.9 Å². The van der Waals surface area contributed by atoms with Crippen LogP contribution in [0, 0.1) is 11.8 Å². The third-order valence-electron chi connectivity index (χ3n) is 3.94. The number of hydrogen-bond donors (Lipinski definition) is 2. The highest BCUT2D eigenvalue weighted by atomic mass is 19.4. The van der Waals surface area contributed by atoms with Crippen LogP contribution in [0.4, 0.5) is 13.2 Å². The van der Waals surface area contributed by atoms with Gasteiger partial charge in [-0.2, -0.15) is 13.2 Å². The fourth-order valence-corrected chi connectivity index (χ4v) is 2.63. The summed E-state index contributed by atoms with van der Waals surface area (Å²) < 4.78 is 37.6. The van der Waals surface area contributed by atoms with E-state index in [0.29, 0.717) is 37.6 Å². The van der Waals surface area contributed by atoms with Crippen LogP contribution in [0.1, 0.15) is 46.0 Å². The second-order valence-electron chi connectivity index (χ2n) is 5.77. The molecule has 0 heterocycles. The maximum Gasteiger partial charge on any atom is 0.391 e. The Labute approximate surface area is 114 Å². The number of alkyl halides is 3. The summed E-state index contributed by atoms with van der Waals surface area (Å²) in [6.07, 6.45) is -0.862. The van der Waals surface area contributed by atoms with Crippen molar-refractivity contribution in [3.63, 3.8) is 0 Å². The molecule has 2 N–H and O–H groups in total. The SMILES string of the molecule is CCCNCC(C)NCC1CCC(C(F)(F)F)CC1. The maximum atomic E-state index is 12.5. The molecule has 1 rings (SSSR count). The molecule has 1 saturated carbocycles. The molecule has 0 aromatic rings. The minimum absolute atomic E-state index is 0.304. The first-order chi connectivity index (χ1) is 8.93. The molecule has 2 nitrogen and oxygen atoms in total. The van der Waals surface area contributed by atoms with Crippen LogP contribution >= 0.6 is 0 Å². The first-order valence-corrected chi connectivity index (χ1v) is 7.44. The molecule has 1 fully saturated rings. The van der Waals surface area contributed by atoms with Gasteiger partial charge in [0.15, 0.2) is 0 Å². The minimum atomic E-state index is -3.99. The monoisotopic (exact) mass is 280 g/mol. The lowest BCUT2D eigenvalue weighted by Gasteiger charge is -2.30. The molecule has 1 unspecified atom stereocenters. The van der Waals surface area contributed by atoms with Gasteiger partial charge < -0.3 is 10.6 Å². The summed E-state index contributed by atoms with van der Waals surface area (Å²) in [7, 11) is 0. The molecular weight excluding hydrogens is 253 g/mol. The predicted molar refractivity (Wildman–Crippen MR) is 72.1 cm³/mol. The van der Waals surface area contributed by atoms with Crippen molar-refractivity contribution in [3.05, 3.63) is 0 Å². The van der Waals surface area contributed by atoms with Gasteiger partial charge in [-0.15, -0.1) is 0 Å². The molecule has 19 heavy (non-hydrogen) atoms. The summed E-state index contributed by atoms with van der Waals surface area (Å²) in [5.74, 6) is -0.653. The highest BCUT2D eigenvalue weighted by molar-refractivity contribution is 4.79. The summed E-state index contributed by atoms with van der Waals surface area (Å²) in [6, 6.07) is 0.381. The van der Waals surface area contributed by atoms with Crippen molar-refractivity contribution in [2.75, 3.05) is 19.6 Å². The van der Waals surface area contributed by atoms with E-state index in [9.17, 15) is 13.2 Å². The van der Waals surface area contributed by atoms with Crippen molar-refractivity contribution in [2.45, 2.75) is 58.2 Å². The first-order valence-electron chi connectivity index (χ1n) is 7.44. The topological polar surface area (TPSA) is 24.1 Å². The Hall–Kier alpha value is -0.290. The van der Waals surface area contributed by atoms with Gasteiger partial charge in [-0.25, -0.2) is 0 Å². The number of halogens is 3. The summed E-state index contributed by atoms with van der Waals surface area (Å²) in [5.41, 5.74) is 0. The molecule has 0 spiro atoms. The van der Waals surface area contributed by atoms with Gasteiger partial charge in [-0.3, -0.25) is 0 Å². The Morgan fingerprint density at radius 3 is 2.32 bits per heavy atom. The van der Waals surface area contributed by atoms with E-state index in [2.05, 4.69) is 24.5 Å². The highest BCUT2D eigenvalue weighted by Crippen LogP contribution is 2.39. The fourth-order valence-electron chi connectivity index (χ4n) is 2.63. The zero-order chi connectivity index (χ0) is 14.3. The first kappa shape index (κ1) is 16.8. The van der Waals surface area contributed by atoms with Crippen LogP contribution in [0.2, 0.25) is 0 Å². The molecule has 5 heteroatoms. The van der Waals surface area contributed by atoms with E-state index >= 15 is 0 Å². The molecule has 0 amide bonds. The van der Waals surface area contributed by atoms with Crippen molar-refractivity contribution in [1.82, 2.24) is 10.6 Å². The number of nitrogens with one attached hydrogen (secondary N) is 2. The van der Waals surface area contributed by atoms with E-state index in [-0.39, 0.29) is 0 Å². The lowest BCUT2D eigenvalue weighted by Crippen LogP contribution is -2.40. The predicted octanol–water partition coefficient (Wildman–Crippen LogP) is 3.33. The Kier molecular flexibility index (Phi) is 7.15. The molecule has 1 atom stereocenters. The summed E-state index contributed by atoms with van der Waals surface area (Å²) in [4.78, 5) is 0. The fraction of sp³-hybridized carbons (Fsp3) is 1.00. The van der Waals surface area contributed by atoms with Crippen molar-refractivity contribution < 1.29 is 13.2 Å². The summed E-state index contributed by atoms with van der Waals surface area (Å²) >= 11 is 0. The zero-order valence-corrected chi connectivity index (χ0v) is 12.0. The van der Waals surface area contributed by atoms with Gasteiger partial charge >= 0.3 is 6.18 Å². The summed E-state index contributed by atoms with van der Waals surface area (Å²) in [6.45, 7) is 7.03. The Balaban J connectivity index is 2.12. The van der Waals surface area contributed by atoms with Crippen LogP contribution in [0.5, 0.6) is 0 Å². The van der Waals surface area contributed by atoms with Gasteiger partial charge in [0.2, 0.25) is 0 Å². The third kappa shape index (κ3) is 6.61. The minimum Gasteiger partial charge on any atom is -0.315 e. The molecule has 114 valence electrons. The third-order valence-corrected chi connectivity index (χ3v) is 3.94. The van der Waals surface area contributed by atoms with Gasteiger partial charge in [-0.1, -0.05) is 6.92 Å². The van der Waals surface area contributed by atoms with E-state index in [1.807, 2.05) is 0 Å². The molecule has 0 aliphatic heterocycles. The van der Waals surface area contributed by atoms with E-state index in [1.165, 1.54) is 0 Å². The molecule has 0 radical (unpaired) electrons. The van der Waals surface area contributed by atoms with E-state index < -0.39 is 12.1 Å². The second-order valence-corrected chi connectivity index (χ2v) is 5.77. The zero-order valence-electron chi connectivity index (χ0n) is 12.0. The van der Waals surface area contributed by atoms with Gasteiger partial charge in [-0.05, 0) is 58.0 Å². The van der Waals surface area contributed by atoms with Crippen LogP contribution < -0.4 is 10.6 Å². The molecule has 0 aromatic heterocycles. The molecule has 0 aromatic carbocycles. The van der Waals surface area contributed by atoms with E-state index in [0.717, 1.165) is 26.1 Å². The van der Waals surface area contributed by atoms with E-state index in [4.69, 9.17) is 0 Å². The normalized spacial score (nSPS) is 26.4. The average molecular weight is 280 g/mol. The second kappa shape index (κ2) is 8.10. The van der Waals surface area contributed by atoms with E-state index in [1.54, 1.807) is 0 Å². The molecule has 1 aliphatic carbocycles. The van der Waals surface area contributed by atoms with Gasteiger partial charge in [0, 0.05) is 12.6 Å². The highest BCUT2D eigenvalue weighted by Gasteiger charge is 2.41. The lowest BCUT2D eigenvalue weighted by atomic mass is 9.81. The van der Waals surface area contributed by atoms with Crippen LogP contribution in [0.3, 0.4) is 0 Å². The Morgan fingerprint density at radius 2 is 1.79 bits per heavy atom. The van der Waals surface area contributed by atoms with Gasteiger partial charge in [0.25, 0.3) is 0 Å². The van der Waals surface area contributed by atoms with Crippen molar-refractivity contribution in [2.24, 2.45) is 11.8 Å². The average Bonchev–Trinajstić information content (AvgIpc) is 2.36.